The van der Waals surface area contributed by atoms with Crippen molar-refractivity contribution in [3.8, 4) is 0 Å². The molecule has 1 aliphatic heterocycles. The number of benzene rings is 2. The number of hydrogen-bond acceptors (Lipinski definition) is 3. The maximum absolute atomic E-state index is 13.0. The number of para-hydroxylation sites is 1. The maximum Gasteiger partial charge on any atom is 0.262 e. The molecule has 2 aromatic carbocycles. The van der Waals surface area contributed by atoms with Crippen molar-refractivity contribution < 1.29 is 14.4 Å². The van der Waals surface area contributed by atoms with Gasteiger partial charge in [0, 0.05) is 0 Å². The Morgan fingerprint density at radius 3 is 2.00 bits per heavy atom. The Morgan fingerprint density at radius 2 is 1.50 bits per heavy atom. The van der Waals surface area contributed by atoms with Crippen LogP contribution in [0.5, 0.6) is 0 Å². The second-order valence-corrected chi connectivity index (χ2v) is 8.13. The molecule has 146 valence electrons. The fourth-order valence-electron chi connectivity index (χ4n) is 3.09. The number of carbonyl (C=O) groups excluding carboxylic acids is 3. The summed E-state index contributed by atoms with van der Waals surface area (Å²) < 4.78 is 0. The number of nitrogens with one attached hydrogen (secondary N) is 1. The van der Waals surface area contributed by atoms with Crippen LogP contribution in [-0.4, -0.2) is 28.7 Å². The normalized spacial score (nSPS) is 14.4. The van der Waals surface area contributed by atoms with Crippen LogP contribution in [0, 0.1) is 5.92 Å². The minimum absolute atomic E-state index is 0.0542. The molecule has 0 aromatic heterocycles. The predicted molar refractivity (Wildman–Crippen MR) is 110 cm³/mol. The molecule has 5 nitrogen and oxygen atoms in total. The number of imide groups is 1. The Morgan fingerprint density at radius 1 is 0.964 bits per heavy atom. The first-order chi connectivity index (χ1) is 13.2. The number of nitrogens with zero attached hydrogens (tertiary/aromatic N) is 1. The van der Waals surface area contributed by atoms with E-state index in [9.17, 15) is 14.4 Å². The summed E-state index contributed by atoms with van der Waals surface area (Å²) in [5.74, 6) is -1.58. The van der Waals surface area contributed by atoms with Gasteiger partial charge in [0.25, 0.3) is 11.8 Å². The zero-order chi connectivity index (χ0) is 20.6. The van der Waals surface area contributed by atoms with Gasteiger partial charge >= 0.3 is 0 Å². The lowest BCUT2D eigenvalue weighted by molar-refractivity contribution is -0.120. The molecule has 1 aliphatic rings. The Balaban J connectivity index is 1.96. The molecule has 0 unspecified atom stereocenters. The smallest absolute Gasteiger partial charge is 0.262 e. The summed E-state index contributed by atoms with van der Waals surface area (Å²) in [6.45, 7) is 3.81. The quantitative estimate of drug-likeness (QED) is 0.643. The number of fused-ring (bicyclic) bond motifs is 1. The van der Waals surface area contributed by atoms with Crippen LogP contribution in [0.25, 0.3) is 0 Å². The number of amides is 3. The van der Waals surface area contributed by atoms with E-state index >= 15 is 0 Å². The number of anilines is 1. The third kappa shape index (κ3) is 3.88. The largest absolute Gasteiger partial charge is 0.323 e. The van der Waals surface area contributed by atoms with E-state index in [1.165, 1.54) is 12.1 Å². The predicted octanol–water partition coefficient (Wildman–Crippen LogP) is 5.30. The summed E-state index contributed by atoms with van der Waals surface area (Å²) in [5.41, 5.74) is 0.683. The molecule has 2 aromatic rings. The van der Waals surface area contributed by atoms with E-state index in [1.807, 2.05) is 13.8 Å². The van der Waals surface area contributed by atoms with E-state index in [-0.39, 0.29) is 27.1 Å². The van der Waals surface area contributed by atoms with Crippen molar-refractivity contribution in [2.24, 2.45) is 5.92 Å². The molecule has 0 saturated heterocycles. The molecule has 0 spiro atoms. The lowest BCUT2D eigenvalue weighted by Crippen LogP contribution is -2.48. The Labute approximate surface area is 177 Å². The third-order valence-electron chi connectivity index (χ3n) is 4.40. The number of hydrogen-bond donors (Lipinski definition) is 1. The Hall–Kier alpha value is -2.08. The van der Waals surface area contributed by atoms with Crippen molar-refractivity contribution in [2.45, 2.75) is 26.3 Å². The Bertz CT molecular complexity index is 934. The van der Waals surface area contributed by atoms with Crippen LogP contribution in [0.1, 0.15) is 41.0 Å². The zero-order valence-electron chi connectivity index (χ0n) is 15.1. The van der Waals surface area contributed by atoms with Crippen molar-refractivity contribution in [1.82, 2.24) is 4.90 Å². The molecule has 1 N–H and O–H groups in total. The van der Waals surface area contributed by atoms with Gasteiger partial charge in [-0.3, -0.25) is 19.3 Å². The molecule has 0 radical (unpaired) electrons. The zero-order valence-corrected chi connectivity index (χ0v) is 17.4. The van der Waals surface area contributed by atoms with E-state index in [2.05, 4.69) is 5.32 Å². The van der Waals surface area contributed by atoms with Gasteiger partial charge in [0.2, 0.25) is 5.91 Å². The van der Waals surface area contributed by atoms with Gasteiger partial charge in [-0.15, -0.1) is 0 Å². The highest BCUT2D eigenvalue weighted by Gasteiger charge is 2.43. The summed E-state index contributed by atoms with van der Waals surface area (Å²) in [4.78, 5) is 39.8. The van der Waals surface area contributed by atoms with Crippen molar-refractivity contribution in [2.75, 3.05) is 5.32 Å². The summed E-state index contributed by atoms with van der Waals surface area (Å²) in [6, 6.07) is 8.47. The summed E-state index contributed by atoms with van der Waals surface area (Å²) in [7, 11) is 0. The van der Waals surface area contributed by atoms with E-state index < -0.39 is 23.8 Å². The SMILES string of the molecule is CC(C)C[C@@H](C(=O)Nc1ccccc1Cl)N1C(=O)c2cc(Cl)c(Cl)cc2C1=O. The standard InChI is InChI=1S/C20H17Cl3N2O3/c1-10(2)7-17(18(26)24-16-6-4-3-5-13(16)21)25-19(27)11-8-14(22)15(23)9-12(11)20(25)28/h3-6,8-10,17H,7H2,1-2H3,(H,24,26)/t17-/m0/s1. The molecule has 1 atom stereocenters. The molecule has 28 heavy (non-hydrogen) atoms. The first-order valence-electron chi connectivity index (χ1n) is 8.63. The second-order valence-electron chi connectivity index (χ2n) is 6.91. The number of halogens is 3. The van der Waals surface area contributed by atoms with E-state index in [0.29, 0.717) is 17.1 Å². The van der Waals surface area contributed by atoms with Gasteiger partial charge in [0.1, 0.15) is 6.04 Å². The highest BCUT2D eigenvalue weighted by atomic mass is 35.5. The third-order valence-corrected chi connectivity index (χ3v) is 5.45. The minimum Gasteiger partial charge on any atom is -0.323 e. The molecule has 0 saturated carbocycles. The molecule has 1 heterocycles. The topological polar surface area (TPSA) is 66.5 Å². The van der Waals surface area contributed by atoms with Crippen molar-refractivity contribution in [3.63, 3.8) is 0 Å². The second kappa shape index (κ2) is 8.11. The number of rotatable bonds is 5. The van der Waals surface area contributed by atoms with Crippen molar-refractivity contribution in [1.29, 1.82) is 0 Å². The molecule has 3 rings (SSSR count). The highest BCUT2D eigenvalue weighted by Crippen LogP contribution is 2.34. The molecular weight excluding hydrogens is 423 g/mol. The van der Waals surface area contributed by atoms with E-state index in [1.54, 1.807) is 24.3 Å². The first kappa shape index (κ1) is 20.6. The van der Waals surface area contributed by atoms with Gasteiger partial charge in [-0.05, 0) is 36.6 Å². The summed E-state index contributed by atoms with van der Waals surface area (Å²) >= 11 is 18.1. The lowest BCUT2D eigenvalue weighted by Gasteiger charge is -2.27. The van der Waals surface area contributed by atoms with Crippen LogP contribution in [0.4, 0.5) is 5.69 Å². The van der Waals surface area contributed by atoms with Crippen molar-refractivity contribution in [3.05, 3.63) is 62.6 Å². The average Bonchev–Trinajstić information content (AvgIpc) is 2.86. The highest BCUT2D eigenvalue weighted by molar-refractivity contribution is 6.43. The molecule has 3 amide bonds. The van der Waals surface area contributed by atoms with E-state index in [0.717, 1.165) is 4.90 Å². The molecule has 0 bridgehead atoms. The molecule has 8 heteroatoms. The van der Waals surface area contributed by atoms with Gasteiger partial charge in [-0.1, -0.05) is 60.8 Å². The average molecular weight is 440 g/mol. The lowest BCUT2D eigenvalue weighted by atomic mass is 10.0. The summed E-state index contributed by atoms with van der Waals surface area (Å²) in [5, 5.41) is 3.42. The monoisotopic (exact) mass is 438 g/mol. The van der Waals surface area contributed by atoms with Crippen LogP contribution in [-0.2, 0) is 4.79 Å². The maximum atomic E-state index is 13.0. The van der Waals surface area contributed by atoms with Gasteiger partial charge in [-0.25, -0.2) is 0 Å². The van der Waals surface area contributed by atoms with Crippen LogP contribution in [0.15, 0.2) is 36.4 Å². The summed E-state index contributed by atoms with van der Waals surface area (Å²) in [6.07, 6.45) is 0.295. The first-order valence-corrected chi connectivity index (χ1v) is 9.76. The van der Waals surface area contributed by atoms with Gasteiger partial charge < -0.3 is 5.32 Å². The Kier molecular flexibility index (Phi) is 5.98. The van der Waals surface area contributed by atoms with Crippen LogP contribution in [0.2, 0.25) is 15.1 Å². The van der Waals surface area contributed by atoms with Crippen molar-refractivity contribution >= 4 is 58.2 Å². The minimum atomic E-state index is -0.999. The van der Waals surface area contributed by atoms with Gasteiger partial charge in [0.15, 0.2) is 0 Å². The molecular formula is C20H17Cl3N2O3. The van der Waals surface area contributed by atoms with Gasteiger partial charge in [0.05, 0.1) is 31.9 Å². The van der Waals surface area contributed by atoms with Crippen LogP contribution in [0.3, 0.4) is 0 Å². The van der Waals surface area contributed by atoms with Gasteiger partial charge in [-0.2, -0.15) is 0 Å². The molecule has 0 aliphatic carbocycles. The fraction of sp³-hybridized carbons (Fsp3) is 0.250. The van der Waals surface area contributed by atoms with E-state index in [4.69, 9.17) is 34.8 Å². The van der Waals surface area contributed by atoms with Crippen LogP contribution >= 0.6 is 34.8 Å². The number of carbonyl (C=O) groups is 3. The fourth-order valence-corrected chi connectivity index (χ4v) is 3.60. The molecule has 0 fully saturated rings. The van der Waals surface area contributed by atoms with Crippen LogP contribution < -0.4 is 5.32 Å².